The van der Waals surface area contributed by atoms with Crippen molar-refractivity contribution in [1.82, 2.24) is 24.0 Å². The van der Waals surface area contributed by atoms with E-state index in [1.54, 1.807) is 21.3 Å². The minimum atomic E-state index is -0.841. The number of aromatic hydroxyl groups is 1. The maximum Gasteiger partial charge on any atom is 0.316 e. The van der Waals surface area contributed by atoms with Crippen molar-refractivity contribution in [3.05, 3.63) is 120 Å². The van der Waals surface area contributed by atoms with Gasteiger partial charge in [0, 0.05) is 34.0 Å². The molecule has 0 fully saturated rings. The summed E-state index contributed by atoms with van der Waals surface area (Å²) in [6, 6.07) is 19.5. The van der Waals surface area contributed by atoms with E-state index in [4.69, 9.17) is 19.4 Å². The van der Waals surface area contributed by atoms with Gasteiger partial charge in [0.25, 0.3) is 11.1 Å². The molecule has 12 nitrogen and oxygen atoms in total. The highest BCUT2D eigenvalue weighted by Gasteiger charge is 2.44. The molecule has 0 saturated carbocycles. The fourth-order valence-corrected chi connectivity index (χ4v) is 8.83. The number of benzene rings is 2. The van der Waals surface area contributed by atoms with E-state index >= 15 is 0 Å². The number of phenolic OH excluding ortho intramolecular Hbond substituents is 1. The van der Waals surface area contributed by atoms with Gasteiger partial charge in [0.05, 0.1) is 68.9 Å². The Morgan fingerprint density at radius 1 is 0.719 bits per heavy atom. The molecule has 0 aliphatic carbocycles. The number of pyridine rings is 4. The van der Waals surface area contributed by atoms with Gasteiger partial charge in [-0.15, -0.1) is 0 Å². The number of carbonyl (C=O) groups excluding carboxylic acids is 2. The molecule has 12 heteroatoms. The standard InChI is InChI=1S/C24H25N3O4.C21H18N2O3/c1-5-24(2)17-9-19-21-13(10-27(19)22(29)16(17)12-31-23(24)30)8-14-15(11-26(3)4)20(28)7-6-18(14)25-21;1-3-21(2)15-9-17-18-13(8-12-6-4-5-7-16(12)22-18)10-23(17)19(24)14(15)11-26-20(21)25/h6-9,28H,5,10-12H2,1-4H3;4-9H,3,10-11H2,1-2H3/t24-;21-/m11/s1. The van der Waals surface area contributed by atoms with Crippen LogP contribution in [0.2, 0.25) is 0 Å². The zero-order valence-corrected chi connectivity index (χ0v) is 32.9. The van der Waals surface area contributed by atoms with Crippen molar-refractivity contribution in [2.75, 3.05) is 14.1 Å². The lowest BCUT2D eigenvalue weighted by molar-refractivity contribution is -0.154. The maximum atomic E-state index is 13.3. The molecule has 10 rings (SSSR count). The summed E-state index contributed by atoms with van der Waals surface area (Å²) in [5.74, 6) is -0.317. The molecule has 2 aromatic carbocycles. The van der Waals surface area contributed by atoms with Crippen LogP contribution in [0.3, 0.4) is 0 Å². The lowest BCUT2D eigenvalue weighted by Crippen LogP contribution is -2.42. The van der Waals surface area contributed by atoms with Crippen molar-refractivity contribution < 1.29 is 24.2 Å². The Kier molecular flexibility index (Phi) is 8.29. The second kappa shape index (κ2) is 13.0. The maximum absolute atomic E-state index is 13.3. The van der Waals surface area contributed by atoms with E-state index in [0.29, 0.717) is 43.6 Å². The number of para-hydroxylation sites is 1. The number of aromatic nitrogens is 4. The molecule has 1 N–H and O–H groups in total. The van der Waals surface area contributed by atoms with Gasteiger partial charge in [-0.05, 0) is 94.4 Å². The number of hydrogen-bond acceptors (Lipinski definition) is 10. The zero-order chi connectivity index (χ0) is 40.1. The molecule has 8 heterocycles. The number of fused-ring (bicyclic) bond motifs is 10. The molecule has 0 saturated heterocycles. The summed E-state index contributed by atoms with van der Waals surface area (Å²) in [7, 11) is 3.90. The Balaban J connectivity index is 0.000000150. The molecule has 4 aliphatic heterocycles. The molecule has 4 aliphatic rings. The van der Waals surface area contributed by atoms with Crippen molar-refractivity contribution in [3.8, 4) is 28.5 Å². The quantitative estimate of drug-likeness (QED) is 0.210. The average molecular weight is 766 g/mol. The van der Waals surface area contributed by atoms with Gasteiger partial charge in [-0.3, -0.25) is 19.2 Å². The highest BCUT2D eigenvalue weighted by atomic mass is 16.5. The van der Waals surface area contributed by atoms with Crippen LogP contribution in [0.15, 0.2) is 70.3 Å². The summed E-state index contributed by atoms with van der Waals surface area (Å²) in [6.45, 7) is 9.13. The third-order valence-electron chi connectivity index (χ3n) is 12.6. The third-order valence-corrected chi connectivity index (χ3v) is 12.6. The lowest BCUT2D eigenvalue weighted by Gasteiger charge is -2.33. The van der Waals surface area contributed by atoms with E-state index in [1.165, 1.54) is 0 Å². The number of rotatable bonds is 4. The molecule has 6 aromatic rings. The van der Waals surface area contributed by atoms with Crippen molar-refractivity contribution in [2.45, 2.75) is 84.2 Å². The Morgan fingerprint density at radius 3 is 1.79 bits per heavy atom. The first-order chi connectivity index (χ1) is 27.3. The van der Waals surface area contributed by atoms with Gasteiger partial charge < -0.3 is 28.6 Å². The molecular weight excluding hydrogens is 723 g/mol. The van der Waals surface area contributed by atoms with Crippen LogP contribution in [-0.4, -0.2) is 55.1 Å². The van der Waals surface area contributed by atoms with Gasteiger partial charge in [0.15, 0.2) is 0 Å². The molecule has 0 spiro atoms. The van der Waals surface area contributed by atoms with Crippen LogP contribution in [0.1, 0.15) is 79.5 Å². The molecule has 0 radical (unpaired) electrons. The SMILES string of the molecule is CC[C@@]1(C)C(=O)OCc2c1cc1n(c2=O)Cc2cc3c(CN(C)C)c(O)ccc3nc2-1.CC[C@@]1(C)C(=O)OCc2c1cc1n(c2=O)Cc2cc3ccccc3nc2-1. The second-order valence-electron chi connectivity index (χ2n) is 16.2. The molecule has 57 heavy (non-hydrogen) atoms. The summed E-state index contributed by atoms with van der Waals surface area (Å²) in [5.41, 5.74) is 8.42. The van der Waals surface area contributed by atoms with E-state index in [-0.39, 0.29) is 42.0 Å². The molecular formula is C45H43N5O7. The lowest BCUT2D eigenvalue weighted by atomic mass is 9.76. The van der Waals surface area contributed by atoms with Crippen LogP contribution < -0.4 is 11.1 Å². The van der Waals surface area contributed by atoms with Crippen LogP contribution in [0, 0.1) is 0 Å². The van der Waals surface area contributed by atoms with Gasteiger partial charge in [0.2, 0.25) is 0 Å². The first-order valence-corrected chi connectivity index (χ1v) is 19.3. The molecule has 4 aromatic heterocycles. The van der Waals surface area contributed by atoms with Crippen molar-refractivity contribution in [2.24, 2.45) is 0 Å². The van der Waals surface area contributed by atoms with Crippen LogP contribution >= 0.6 is 0 Å². The summed E-state index contributed by atoms with van der Waals surface area (Å²) in [6.07, 6.45) is 1.13. The molecule has 290 valence electrons. The third kappa shape index (κ3) is 5.37. The summed E-state index contributed by atoms with van der Waals surface area (Å²) < 4.78 is 14.2. The number of phenols is 1. The fourth-order valence-electron chi connectivity index (χ4n) is 8.83. The topological polar surface area (TPSA) is 146 Å². The largest absolute Gasteiger partial charge is 0.508 e. The highest BCUT2D eigenvalue weighted by molar-refractivity contribution is 5.90. The molecule has 2 atom stereocenters. The first kappa shape index (κ1) is 36.5. The van der Waals surface area contributed by atoms with E-state index < -0.39 is 10.8 Å². The Bertz CT molecular complexity index is 2880. The second-order valence-corrected chi connectivity index (χ2v) is 16.2. The molecule has 0 bridgehead atoms. The fraction of sp³-hybridized carbons (Fsp3) is 0.333. The summed E-state index contributed by atoms with van der Waals surface area (Å²) >= 11 is 0. The summed E-state index contributed by atoms with van der Waals surface area (Å²) in [4.78, 5) is 63.1. The van der Waals surface area contributed by atoms with Crippen LogP contribution in [0.25, 0.3) is 44.6 Å². The minimum Gasteiger partial charge on any atom is -0.508 e. The van der Waals surface area contributed by atoms with E-state index in [1.807, 2.05) is 89.2 Å². The predicted molar refractivity (Wildman–Crippen MR) is 215 cm³/mol. The zero-order valence-electron chi connectivity index (χ0n) is 32.9. The predicted octanol–water partition coefficient (Wildman–Crippen LogP) is 6.07. The minimum absolute atomic E-state index is 0.00940. The van der Waals surface area contributed by atoms with E-state index in [0.717, 1.165) is 72.4 Å². The number of hydrogen-bond donors (Lipinski definition) is 1. The van der Waals surface area contributed by atoms with Crippen molar-refractivity contribution in [3.63, 3.8) is 0 Å². The van der Waals surface area contributed by atoms with Crippen LogP contribution in [0.4, 0.5) is 0 Å². The Labute approximate surface area is 328 Å². The van der Waals surface area contributed by atoms with Gasteiger partial charge in [-0.2, -0.15) is 0 Å². The van der Waals surface area contributed by atoms with E-state index in [2.05, 4.69) is 6.07 Å². The van der Waals surface area contributed by atoms with Gasteiger partial charge >= 0.3 is 11.9 Å². The number of carbonyl (C=O) groups is 2. The van der Waals surface area contributed by atoms with Crippen molar-refractivity contribution >= 4 is 33.7 Å². The monoisotopic (exact) mass is 765 g/mol. The van der Waals surface area contributed by atoms with Crippen LogP contribution in [-0.2, 0) is 62.7 Å². The smallest absolute Gasteiger partial charge is 0.316 e. The van der Waals surface area contributed by atoms with Crippen molar-refractivity contribution in [1.29, 1.82) is 0 Å². The van der Waals surface area contributed by atoms with Gasteiger partial charge in [0.1, 0.15) is 19.0 Å². The summed E-state index contributed by atoms with van der Waals surface area (Å²) in [5, 5.41) is 12.4. The average Bonchev–Trinajstić information content (AvgIpc) is 3.75. The molecule has 0 unspecified atom stereocenters. The highest BCUT2D eigenvalue weighted by Crippen LogP contribution is 2.42. The Hall–Kier alpha value is -6.14. The van der Waals surface area contributed by atoms with Gasteiger partial charge in [-0.1, -0.05) is 32.0 Å². The number of nitrogens with zero attached hydrogens (tertiary/aromatic N) is 5. The number of ether oxygens (including phenoxy) is 2. The van der Waals surface area contributed by atoms with Crippen LogP contribution in [0.5, 0.6) is 5.75 Å². The number of esters is 2. The Morgan fingerprint density at radius 2 is 1.25 bits per heavy atom. The number of cyclic esters (lactones) is 2. The van der Waals surface area contributed by atoms with Gasteiger partial charge in [-0.25, -0.2) is 9.97 Å². The normalized spacial score (nSPS) is 19.8. The molecule has 0 amide bonds. The van der Waals surface area contributed by atoms with E-state index in [9.17, 15) is 24.3 Å². The first-order valence-electron chi connectivity index (χ1n) is 19.3.